The molecule has 0 aliphatic carbocycles. The maximum absolute atomic E-state index is 9.73. The van der Waals surface area contributed by atoms with E-state index in [1.165, 1.54) is 6.07 Å². The fraction of sp³-hybridized carbons (Fsp3) is 0.100. The highest BCUT2D eigenvalue weighted by molar-refractivity contribution is 6.30. The van der Waals surface area contributed by atoms with E-state index in [9.17, 15) is 5.11 Å². The standard InChI is InChI=1S/C10H10ClN3O/c1-14-10(8(12)5-13-14)7-3-2-6(11)4-9(7)15/h2-5,15H,12H2,1H3. The van der Waals surface area contributed by atoms with Gasteiger partial charge in [-0.05, 0) is 18.2 Å². The number of hydrogen-bond acceptors (Lipinski definition) is 3. The lowest BCUT2D eigenvalue weighted by atomic mass is 10.1. The van der Waals surface area contributed by atoms with E-state index < -0.39 is 0 Å². The van der Waals surface area contributed by atoms with Gasteiger partial charge in [-0.15, -0.1) is 0 Å². The van der Waals surface area contributed by atoms with Crippen molar-refractivity contribution < 1.29 is 5.11 Å². The van der Waals surface area contributed by atoms with Crippen molar-refractivity contribution in [1.82, 2.24) is 9.78 Å². The molecular weight excluding hydrogens is 214 g/mol. The fourth-order valence-corrected chi connectivity index (χ4v) is 1.66. The molecule has 15 heavy (non-hydrogen) atoms. The highest BCUT2D eigenvalue weighted by Crippen LogP contribution is 2.34. The summed E-state index contributed by atoms with van der Waals surface area (Å²) in [6.07, 6.45) is 1.55. The largest absolute Gasteiger partial charge is 0.507 e. The Hall–Kier alpha value is -1.68. The summed E-state index contributed by atoms with van der Waals surface area (Å²) in [5, 5.41) is 14.2. The molecule has 0 saturated heterocycles. The molecule has 0 spiro atoms. The second-order valence-corrected chi connectivity index (χ2v) is 3.67. The van der Waals surface area contributed by atoms with Gasteiger partial charge < -0.3 is 10.8 Å². The van der Waals surface area contributed by atoms with E-state index in [1.807, 2.05) is 0 Å². The summed E-state index contributed by atoms with van der Waals surface area (Å²) in [6, 6.07) is 4.89. The number of nitrogens with zero attached hydrogens (tertiary/aromatic N) is 2. The van der Waals surface area contributed by atoms with Crippen LogP contribution in [0.2, 0.25) is 5.02 Å². The topological polar surface area (TPSA) is 64.1 Å². The smallest absolute Gasteiger partial charge is 0.126 e. The Morgan fingerprint density at radius 3 is 2.73 bits per heavy atom. The first-order chi connectivity index (χ1) is 7.09. The average molecular weight is 224 g/mol. The van der Waals surface area contributed by atoms with Gasteiger partial charge in [-0.25, -0.2) is 0 Å². The lowest BCUT2D eigenvalue weighted by Crippen LogP contribution is -1.96. The lowest BCUT2D eigenvalue weighted by Gasteiger charge is -2.06. The van der Waals surface area contributed by atoms with Crippen molar-refractivity contribution in [2.45, 2.75) is 0 Å². The Kier molecular flexibility index (Phi) is 2.28. The third-order valence-electron chi connectivity index (χ3n) is 2.18. The van der Waals surface area contributed by atoms with Crippen LogP contribution >= 0.6 is 11.6 Å². The van der Waals surface area contributed by atoms with Crippen molar-refractivity contribution in [3.05, 3.63) is 29.4 Å². The molecule has 0 bridgehead atoms. The van der Waals surface area contributed by atoms with E-state index >= 15 is 0 Å². The summed E-state index contributed by atoms with van der Waals surface area (Å²) in [5.74, 6) is 0.0952. The van der Waals surface area contributed by atoms with Crippen LogP contribution in [0.3, 0.4) is 0 Å². The number of benzene rings is 1. The molecule has 1 aromatic carbocycles. The Bertz CT molecular complexity index is 488. The van der Waals surface area contributed by atoms with Crippen molar-refractivity contribution in [3.8, 4) is 17.0 Å². The highest BCUT2D eigenvalue weighted by atomic mass is 35.5. The van der Waals surface area contributed by atoms with E-state index in [0.717, 1.165) is 0 Å². The Morgan fingerprint density at radius 1 is 1.47 bits per heavy atom. The van der Waals surface area contributed by atoms with Crippen molar-refractivity contribution in [2.75, 3.05) is 5.73 Å². The summed E-state index contributed by atoms with van der Waals surface area (Å²) in [7, 11) is 1.76. The maximum Gasteiger partial charge on any atom is 0.126 e. The van der Waals surface area contributed by atoms with Gasteiger partial charge in [0.25, 0.3) is 0 Å². The normalized spacial score (nSPS) is 10.5. The van der Waals surface area contributed by atoms with Crippen molar-refractivity contribution in [2.24, 2.45) is 7.05 Å². The van der Waals surface area contributed by atoms with Crippen LogP contribution < -0.4 is 5.73 Å². The molecule has 0 saturated carbocycles. The minimum atomic E-state index is 0.0952. The van der Waals surface area contributed by atoms with E-state index in [2.05, 4.69) is 5.10 Å². The molecule has 5 heteroatoms. The van der Waals surface area contributed by atoms with Crippen molar-refractivity contribution in [3.63, 3.8) is 0 Å². The first kappa shape index (κ1) is 9.86. The van der Waals surface area contributed by atoms with Crippen LogP contribution in [0.5, 0.6) is 5.75 Å². The van der Waals surface area contributed by atoms with Gasteiger partial charge in [0.1, 0.15) is 5.75 Å². The van der Waals surface area contributed by atoms with Gasteiger partial charge >= 0.3 is 0 Å². The molecule has 0 unspecified atom stereocenters. The number of nitrogens with two attached hydrogens (primary N) is 1. The summed E-state index contributed by atoms with van der Waals surface area (Å²) >= 11 is 5.74. The molecule has 2 aromatic rings. The molecule has 78 valence electrons. The number of anilines is 1. The predicted octanol–water partition coefficient (Wildman–Crippen LogP) is 2.03. The number of hydrogen-bond donors (Lipinski definition) is 2. The molecule has 0 radical (unpaired) electrons. The third kappa shape index (κ3) is 1.64. The summed E-state index contributed by atoms with van der Waals surface area (Å²) < 4.78 is 1.61. The average Bonchev–Trinajstić information content (AvgIpc) is 2.48. The van der Waals surface area contributed by atoms with Gasteiger partial charge in [0, 0.05) is 17.6 Å². The van der Waals surface area contributed by atoms with Gasteiger partial charge in [-0.3, -0.25) is 4.68 Å². The summed E-state index contributed by atoms with van der Waals surface area (Å²) in [5.41, 5.74) is 7.58. The molecule has 3 N–H and O–H groups in total. The van der Waals surface area contributed by atoms with Gasteiger partial charge in [0.05, 0.1) is 17.6 Å². The van der Waals surface area contributed by atoms with Gasteiger partial charge in [-0.1, -0.05) is 11.6 Å². The monoisotopic (exact) mass is 223 g/mol. The lowest BCUT2D eigenvalue weighted by molar-refractivity contribution is 0.476. The van der Waals surface area contributed by atoms with E-state index in [0.29, 0.717) is 22.0 Å². The maximum atomic E-state index is 9.73. The zero-order chi connectivity index (χ0) is 11.0. The number of nitrogen functional groups attached to an aromatic ring is 1. The molecule has 0 aliphatic rings. The molecule has 2 rings (SSSR count). The van der Waals surface area contributed by atoms with Gasteiger partial charge in [0.2, 0.25) is 0 Å². The number of aryl methyl sites for hydroxylation is 1. The summed E-state index contributed by atoms with van der Waals surface area (Å²) in [4.78, 5) is 0. The van der Waals surface area contributed by atoms with Crippen molar-refractivity contribution >= 4 is 17.3 Å². The first-order valence-electron chi connectivity index (χ1n) is 4.36. The zero-order valence-electron chi connectivity index (χ0n) is 8.11. The first-order valence-corrected chi connectivity index (χ1v) is 4.73. The second-order valence-electron chi connectivity index (χ2n) is 3.23. The zero-order valence-corrected chi connectivity index (χ0v) is 8.86. The molecule has 0 atom stereocenters. The Morgan fingerprint density at radius 2 is 2.20 bits per heavy atom. The van der Waals surface area contributed by atoms with Gasteiger partial charge in [-0.2, -0.15) is 5.10 Å². The van der Waals surface area contributed by atoms with E-state index in [-0.39, 0.29) is 5.75 Å². The molecule has 1 aromatic heterocycles. The third-order valence-corrected chi connectivity index (χ3v) is 2.42. The molecular formula is C10H10ClN3O. The minimum Gasteiger partial charge on any atom is -0.507 e. The highest BCUT2D eigenvalue weighted by Gasteiger charge is 2.12. The van der Waals surface area contributed by atoms with Crippen LogP contribution in [-0.4, -0.2) is 14.9 Å². The number of phenols is 1. The van der Waals surface area contributed by atoms with Crippen LogP contribution in [0.25, 0.3) is 11.3 Å². The SMILES string of the molecule is Cn1ncc(N)c1-c1ccc(Cl)cc1O. The van der Waals surface area contributed by atoms with Crippen LogP contribution in [0.4, 0.5) is 5.69 Å². The van der Waals surface area contributed by atoms with Crippen LogP contribution in [-0.2, 0) is 7.05 Å². The number of halogens is 1. The molecule has 4 nitrogen and oxygen atoms in total. The molecule has 0 fully saturated rings. The van der Waals surface area contributed by atoms with Gasteiger partial charge in [0.15, 0.2) is 0 Å². The predicted molar refractivity (Wildman–Crippen MR) is 59.7 cm³/mol. The van der Waals surface area contributed by atoms with Crippen LogP contribution in [0, 0.1) is 0 Å². The minimum absolute atomic E-state index is 0.0952. The van der Waals surface area contributed by atoms with Crippen LogP contribution in [0.1, 0.15) is 0 Å². The van der Waals surface area contributed by atoms with Crippen LogP contribution in [0.15, 0.2) is 24.4 Å². The Balaban J connectivity index is 2.64. The molecule has 1 heterocycles. The van der Waals surface area contributed by atoms with Crippen molar-refractivity contribution in [1.29, 1.82) is 0 Å². The summed E-state index contributed by atoms with van der Waals surface area (Å²) in [6.45, 7) is 0. The number of aromatic nitrogens is 2. The molecule has 0 amide bonds. The quantitative estimate of drug-likeness (QED) is 0.778. The number of phenolic OH excluding ortho intramolecular Hbond substituents is 1. The number of rotatable bonds is 1. The van der Waals surface area contributed by atoms with E-state index in [1.54, 1.807) is 30.1 Å². The fourth-order valence-electron chi connectivity index (χ4n) is 1.49. The molecule has 0 aliphatic heterocycles. The Labute approximate surface area is 91.9 Å². The van der Waals surface area contributed by atoms with E-state index in [4.69, 9.17) is 17.3 Å². The number of aromatic hydroxyl groups is 1. The second kappa shape index (κ2) is 3.47.